The van der Waals surface area contributed by atoms with Crippen molar-refractivity contribution in [2.24, 2.45) is 0 Å². The van der Waals surface area contributed by atoms with Crippen LogP contribution in [0.25, 0.3) is 0 Å². The molecule has 3 aromatic rings. The highest BCUT2D eigenvalue weighted by Gasteiger charge is 2.33. The Balaban J connectivity index is 2.02. The second-order valence-corrected chi connectivity index (χ2v) is 12.2. The number of nitrogens with zero attached hydrogens (tertiary/aromatic N) is 2. The van der Waals surface area contributed by atoms with Crippen LogP contribution in [0.3, 0.4) is 0 Å². The van der Waals surface area contributed by atoms with Gasteiger partial charge in [0.1, 0.15) is 18.3 Å². The monoisotopic (exact) mass is 593 g/mol. The molecule has 8 nitrogen and oxygen atoms in total. The number of carbonyl (C=O) groups is 2. The van der Waals surface area contributed by atoms with E-state index in [9.17, 15) is 18.0 Å². The Bertz CT molecular complexity index is 1410. The van der Waals surface area contributed by atoms with Gasteiger partial charge in [-0.25, -0.2) is 8.42 Å². The fourth-order valence-corrected chi connectivity index (χ4v) is 5.97. The molecule has 226 valence electrons. The molecule has 0 bridgehead atoms. The molecular formula is C33H43N3O5S. The minimum atomic E-state index is -4.15. The van der Waals surface area contributed by atoms with E-state index in [1.807, 2.05) is 58.9 Å². The van der Waals surface area contributed by atoms with Gasteiger partial charge >= 0.3 is 0 Å². The van der Waals surface area contributed by atoms with Crippen molar-refractivity contribution in [2.75, 3.05) is 24.0 Å². The predicted molar refractivity (Wildman–Crippen MR) is 167 cm³/mol. The number of rotatable bonds is 15. The van der Waals surface area contributed by atoms with Crippen molar-refractivity contribution in [1.82, 2.24) is 10.2 Å². The molecule has 3 rings (SSSR count). The zero-order valence-corrected chi connectivity index (χ0v) is 26.1. The highest BCUT2D eigenvalue weighted by molar-refractivity contribution is 7.92. The number of anilines is 1. The van der Waals surface area contributed by atoms with Crippen LogP contribution in [0.15, 0.2) is 77.7 Å². The van der Waals surface area contributed by atoms with Gasteiger partial charge < -0.3 is 15.0 Å². The Hall–Kier alpha value is -3.85. The van der Waals surface area contributed by atoms with Gasteiger partial charge in [-0.05, 0) is 75.6 Å². The zero-order chi connectivity index (χ0) is 30.7. The smallest absolute Gasteiger partial charge is 0.264 e. The summed E-state index contributed by atoms with van der Waals surface area (Å²) in [4.78, 5) is 29.0. The van der Waals surface area contributed by atoms with E-state index in [2.05, 4.69) is 5.32 Å². The third-order valence-corrected chi connectivity index (χ3v) is 8.80. The summed E-state index contributed by atoms with van der Waals surface area (Å²) < 4.78 is 34.6. The third-order valence-electron chi connectivity index (χ3n) is 7.01. The largest absolute Gasteiger partial charge is 0.494 e. The van der Waals surface area contributed by atoms with Gasteiger partial charge in [0.25, 0.3) is 10.0 Å². The van der Waals surface area contributed by atoms with E-state index in [4.69, 9.17) is 4.74 Å². The van der Waals surface area contributed by atoms with Crippen molar-refractivity contribution in [3.63, 3.8) is 0 Å². The second-order valence-electron chi connectivity index (χ2n) is 10.3. The average molecular weight is 594 g/mol. The van der Waals surface area contributed by atoms with Gasteiger partial charge in [0, 0.05) is 13.1 Å². The maximum absolute atomic E-state index is 14.1. The molecule has 0 aliphatic heterocycles. The number of aryl methyl sites for hydroxylation is 2. The molecule has 1 atom stereocenters. The number of sulfonamides is 1. The Morgan fingerprint density at radius 3 is 2.00 bits per heavy atom. The number of carbonyl (C=O) groups excluding carboxylic acids is 2. The molecule has 3 aromatic carbocycles. The van der Waals surface area contributed by atoms with Crippen LogP contribution < -0.4 is 14.4 Å². The van der Waals surface area contributed by atoms with Crippen molar-refractivity contribution >= 4 is 27.5 Å². The van der Waals surface area contributed by atoms with Crippen LogP contribution in [0.5, 0.6) is 5.75 Å². The van der Waals surface area contributed by atoms with E-state index in [-0.39, 0.29) is 17.3 Å². The van der Waals surface area contributed by atoms with E-state index < -0.39 is 28.5 Å². The number of hydrogen-bond acceptors (Lipinski definition) is 5. The van der Waals surface area contributed by atoms with Gasteiger partial charge in [-0.3, -0.25) is 13.9 Å². The molecule has 0 aliphatic rings. The van der Waals surface area contributed by atoms with Crippen LogP contribution in [0.4, 0.5) is 5.69 Å². The lowest BCUT2D eigenvalue weighted by atomic mass is 10.1. The van der Waals surface area contributed by atoms with Crippen LogP contribution >= 0.6 is 0 Å². The SMILES string of the molecule is CCCCNC(=O)[C@H](CC)N(Cc1ccc(C)cc1)C(=O)CN(c1ccc(C)cc1)S(=O)(=O)c1ccc(OCC)cc1. The normalized spacial score (nSPS) is 11.9. The summed E-state index contributed by atoms with van der Waals surface area (Å²) in [5, 5.41) is 2.95. The van der Waals surface area contributed by atoms with E-state index in [1.165, 1.54) is 17.0 Å². The quantitative estimate of drug-likeness (QED) is 0.231. The number of hydrogen-bond donors (Lipinski definition) is 1. The first-order chi connectivity index (χ1) is 20.1. The van der Waals surface area contributed by atoms with Crippen LogP contribution in [-0.2, 0) is 26.2 Å². The number of unbranched alkanes of at least 4 members (excludes halogenated alkanes) is 1. The Kier molecular flexibility index (Phi) is 12.0. The number of nitrogens with one attached hydrogen (secondary N) is 1. The summed E-state index contributed by atoms with van der Waals surface area (Å²) in [7, 11) is -4.15. The standard InChI is InChI=1S/C33H43N3O5S/c1-6-9-22-34-33(38)31(7-2)35(23-27-14-10-25(4)11-15-27)32(37)24-36(28-16-12-26(5)13-17-28)42(39,40)30-20-18-29(19-21-30)41-8-3/h10-21,31H,6-9,22-24H2,1-5H3,(H,34,38)/t31-/m0/s1. The first kappa shape index (κ1) is 32.7. The Morgan fingerprint density at radius 2 is 1.45 bits per heavy atom. The highest BCUT2D eigenvalue weighted by Crippen LogP contribution is 2.26. The summed E-state index contributed by atoms with van der Waals surface area (Å²) in [6.07, 6.45) is 2.14. The van der Waals surface area contributed by atoms with Crippen molar-refractivity contribution in [2.45, 2.75) is 71.4 Å². The first-order valence-electron chi connectivity index (χ1n) is 14.6. The molecule has 0 aliphatic carbocycles. The van der Waals surface area contributed by atoms with Gasteiger partial charge in [0.2, 0.25) is 11.8 Å². The van der Waals surface area contributed by atoms with Crippen LogP contribution in [-0.4, -0.2) is 50.9 Å². The van der Waals surface area contributed by atoms with E-state index in [1.54, 1.807) is 36.4 Å². The van der Waals surface area contributed by atoms with Crippen LogP contribution in [0, 0.1) is 13.8 Å². The van der Waals surface area contributed by atoms with Gasteiger partial charge in [0.05, 0.1) is 17.2 Å². The molecule has 0 saturated heterocycles. The zero-order valence-electron chi connectivity index (χ0n) is 25.3. The lowest BCUT2D eigenvalue weighted by Crippen LogP contribution is -2.52. The fraction of sp³-hybridized carbons (Fsp3) is 0.394. The van der Waals surface area contributed by atoms with E-state index in [0.717, 1.165) is 33.8 Å². The molecule has 1 N–H and O–H groups in total. The summed E-state index contributed by atoms with van der Waals surface area (Å²) in [5.74, 6) is -0.163. The number of amides is 2. The molecular weight excluding hydrogens is 550 g/mol. The molecule has 0 fully saturated rings. The maximum atomic E-state index is 14.1. The molecule has 0 saturated carbocycles. The van der Waals surface area contributed by atoms with Crippen LogP contribution in [0.2, 0.25) is 0 Å². The number of ether oxygens (including phenoxy) is 1. The van der Waals surface area contributed by atoms with Gasteiger partial charge in [-0.2, -0.15) is 0 Å². The lowest BCUT2D eigenvalue weighted by Gasteiger charge is -2.33. The predicted octanol–water partition coefficient (Wildman–Crippen LogP) is 5.62. The molecule has 9 heteroatoms. The Labute approximate surface area is 250 Å². The minimum absolute atomic E-state index is 0.0359. The second kappa shape index (κ2) is 15.4. The average Bonchev–Trinajstić information content (AvgIpc) is 2.98. The highest BCUT2D eigenvalue weighted by atomic mass is 32.2. The molecule has 0 spiro atoms. The van der Waals surface area contributed by atoms with Crippen molar-refractivity contribution in [3.8, 4) is 5.75 Å². The van der Waals surface area contributed by atoms with Gasteiger partial charge in [0.15, 0.2) is 0 Å². The molecule has 42 heavy (non-hydrogen) atoms. The maximum Gasteiger partial charge on any atom is 0.264 e. The van der Waals surface area contributed by atoms with Crippen molar-refractivity contribution in [1.29, 1.82) is 0 Å². The summed E-state index contributed by atoms with van der Waals surface area (Å²) in [6, 6.07) is 20.1. The van der Waals surface area contributed by atoms with Gasteiger partial charge in [-0.1, -0.05) is 67.8 Å². The Morgan fingerprint density at radius 1 is 0.857 bits per heavy atom. The summed E-state index contributed by atoms with van der Waals surface area (Å²) in [5.41, 5.74) is 3.25. The molecule has 0 heterocycles. The van der Waals surface area contributed by atoms with Crippen LogP contribution in [0.1, 0.15) is 56.7 Å². The topological polar surface area (TPSA) is 96.0 Å². The molecule has 0 unspecified atom stereocenters. The summed E-state index contributed by atoms with van der Waals surface area (Å²) >= 11 is 0. The van der Waals surface area contributed by atoms with Gasteiger partial charge in [-0.15, -0.1) is 0 Å². The summed E-state index contributed by atoms with van der Waals surface area (Å²) in [6.45, 7) is 10.3. The first-order valence-corrected chi connectivity index (χ1v) is 16.0. The minimum Gasteiger partial charge on any atom is -0.494 e. The van der Waals surface area contributed by atoms with E-state index in [0.29, 0.717) is 31.0 Å². The molecule has 0 radical (unpaired) electrons. The molecule has 0 aromatic heterocycles. The third kappa shape index (κ3) is 8.58. The molecule has 2 amide bonds. The van der Waals surface area contributed by atoms with Crippen molar-refractivity contribution < 1.29 is 22.7 Å². The fourth-order valence-electron chi connectivity index (χ4n) is 4.56. The number of benzene rings is 3. The van der Waals surface area contributed by atoms with Crippen molar-refractivity contribution in [3.05, 3.63) is 89.5 Å². The van der Waals surface area contributed by atoms with E-state index >= 15 is 0 Å². The lowest BCUT2D eigenvalue weighted by molar-refractivity contribution is -0.140.